The van der Waals surface area contributed by atoms with Crippen LogP contribution < -0.4 is 10.6 Å². The van der Waals surface area contributed by atoms with E-state index in [9.17, 15) is 0 Å². The van der Waals surface area contributed by atoms with Crippen molar-refractivity contribution in [3.63, 3.8) is 0 Å². The SMILES string of the molecule is C1=[N+]2CCNC[C@@H]2NC1. The monoisotopic (exact) mass is 126 g/mol. The zero-order valence-electron chi connectivity index (χ0n) is 5.43. The summed E-state index contributed by atoms with van der Waals surface area (Å²) in [5.41, 5.74) is 0. The molecule has 2 aliphatic heterocycles. The highest BCUT2D eigenvalue weighted by Gasteiger charge is 2.27. The van der Waals surface area contributed by atoms with E-state index in [0.29, 0.717) is 6.17 Å². The lowest BCUT2D eigenvalue weighted by molar-refractivity contribution is -0.563. The smallest absolute Gasteiger partial charge is 0.219 e. The van der Waals surface area contributed by atoms with Gasteiger partial charge in [-0.15, -0.1) is 0 Å². The summed E-state index contributed by atoms with van der Waals surface area (Å²) >= 11 is 0. The molecule has 2 aliphatic rings. The van der Waals surface area contributed by atoms with Crippen molar-refractivity contribution in [2.75, 3.05) is 26.2 Å². The van der Waals surface area contributed by atoms with E-state index in [1.165, 1.54) is 0 Å². The minimum atomic E-state index is 0.582. The van der Waals surface area contributed by atoms with E-state index in [1.54, 1.807) is 0 Å². The standard InChI is InChI=1S/C6H12N3/c1-3-9-4-2-8-6(9)5-7-1/h4,6-8H,1-3,5H2/q+1/t6-/m1/s1. The molecule has 0 saturated carbocycles. The Morgan fingerprint density at radius 2 is 2.56 bits per heavy atom. The van der Waals surface area contributed by atoms with Crippen molar-refractivity contribution in [2.24, 2.45) is 0 Å². The Hall–Kier alpha value is -0.410. The van der Waals surface area contributed by atoms with Gasteiger partial charge in [0.2, 0.25) is 6.17 Å². The molecule has 0 unspecified atom stereocenters. The quantitative estimate of drug-likeness (QED) is 0.391. The van der Waals surface area contributed by atoms with E-state index >= 15 is 0 Å². The van der Waals surface area contributed by atoms with Gasteiger partial charge in [-0.3, -0.25) is 0 Å². The van der Waals surface area contributed by atoms with Gasteiger partial charge < -0.3 is 5.32 Å². The second-order valence-electron chi connectivity index (χ2n) is 2.55. The molecule has 2 rings (SSSR count). The van der Waals surface area contributed by atoms with Crippen molar-refractivity contribution < 1.29 is 4.58 Å². The molecule has 0 aromatic rings. The van der Waals surface area contributed by atoms with E-state index < -0.39 is 0 Å². The largest absolute Gasteiger partial charge is 0.304 e. The van der Waals surface area contributed by atoms with Gasteiger partial charge in [0.15, 0.2) is 12.8 Å². The molecule has 0 radical (unpaired) electrons. The van der Waals surface area contributed by atoms with E-state index in [-0.39, 0.29) is 0 Å². The van der Waals surface area contributed by atoms with Crippen LogP contribution in [0.15, 0.2) is 0 Å². The lowest BCUT2D eigenvalue weighted by atomic mass is 10.4. The normalized spacial score (nSPS) is 33.8. The molecule has 0 aromatic carbocycles. The van der Waals surface area contributed by atoms with Crippen LogP contribution in [-0.4, -0.2) is 43.1 Å². The van der Waals surface area contributed by atoms with Crippen LogP contribution in [0.25, 0.3) is 0 Å². The van der Waals surface area contributed by atoms with Crippen molar-refractivity contribution in [3.05, 3.63) is 0 Å². The fourth-order valence-electron chi connectivity index (χ4n) is 1.43. The number of nitrogens with zero attached hydrogens (tertiary/aromatic N) is 1. The Labute approximate surface area is 54.8 Å². The summed E-state index contributed by atoms with van der Waals surface area (Å²) in [4.78, 5) is 0. The third-order valence-corrected chi connectivity index (χ3v) is 1.96. The second kappa shape index (κ2) is 2.08. The molecule has 0 aliphatic carbocycles. The van der Waals surface area contributed by atoms with Gasteiger partial charge in [0.25, 0.3) is 0 Å². The molecule has 0 bridgehead atoms. The molecule has 0 spiro atoms. The number of fused-ring (bicyclic) bond motifs is 1. The van der Waals surface area contributed by atoms with E-state index in [4.69, 9.17) is 0 Å². The first kappa shape index (κ1) is 5.38. The molecule has 3 nitrogen and oxygen atoms in total. The van der Waals surface area contributed by atoms with Crippen LogP contribution in [0.3, 0.4) is 0 Å². The predicted molar refractivity (Wildman–Crippen MR) is 35.9 cm³/mol. The van der Waals surface area contributed by atoms with Gasteiger partial charge in [0, 0.05) is 0 Å². The van der Waals surface area contributed by atoms with Gasteiger partial charge >= 0.3 is 0 Å². The highest BCUT2D eigenvalue weighted by molar-refractivity contribution is 5.55. The molecule has 0 aromatic heterocycles. The summed E-state index contributed by atoms with van der Waals surface area (Å²) in [5.74, 6) is 0. The summed E-state index contributed by atoms with van der Waals surface area (Å²) in [6, 6.07) is 0. The van der Waals surface area contributed by atoms with Crippen LogP contribution in [0.4, 0.5) is 0 Å². The maximum Gasteiger partial charge on any atom is 0.219 e. The molecule has 2 heterocycles. The van der Waals surface area contributed by atoms with Gasteiger partial charge in [-0.05, 0) is 0 Å². The average Bonchev–Trinajstić information content (AvgIpc) is 2.33. The van der Waals surface area contributed by atoms with E-state index in [2.05, 4.69) is 21.4 Å². The Bertz CT molecular complexity index is 141. The number of rotatable bonds is 0. The summed E-state index contributed by atoms with van der Waals surface area (Å²) in [5, 5.41) is 6.70. The summed E-state index contributed by atoms with van der Waals surface area (Å²) in [6.07, 6.45) is 2.82. The first-order chi connectivity index (χ1) is 4.47. The van der Waals surface area contributed by atoms with Crippen LogP contribution in [-0.2, 0) is 0 Å². The molecule has 1 saturated heterocycles. The molecule has 9 heavy (non-hydrogen) atoms. The van der Waals surface area contributed by atoms with Crippen LogP contribution in [0.2, 0.25) is 0 Å². The van der Waals surface area contributed by atoms with Crippen LogP contribution >= 0.6 is 0 Å². The van der Waals surface area contributed by atoms with Crippen LogP contribution in [0.1, 0.15) is 0 Å². The van der Waals surface area contributed by atoms with Crippen molar-refractivity contribution in [3.8, 4) is 0 Å². The molecule has 2 N–H and O–H groups in total. The molecular formula is C6H12N3+. The molecule has 1 fully saturated rings. The fraction of sp³-hybridized carbons (Fsp3) is 0.833. The van der Waals surface area contributed by atoms with E-state index in [1.807, 2.05) is 0 Å². The Morgan fingerprint density at radius 1 is 1.56 bits per heavy atom. The second-order valence-corrected chi connectivity index (χ2v) is 2.55. The van der Waals surface area contributed by atoms with Gasteiger partial charge in [-0.1, -0.05) is 0 Å². The number of nitrogens with one attached hydrogen (secondary N) is 2. The third kappa shape index (κ3) is 0.862. The maximum atomic E-state index is 3.37. The van der Waals surface area contributed by atoms with Crippen LogP contribution in [0, 0.1) is 0 Å². The van der Waals surface area contributed by atoms with Gasteiger partial charge in [0.1, 0.15) is 0 Å². The van der Waals surface area contributed by atoms with E-state index in [0.717, 1.165) is 26.2 Å². The molecule has 1 atom stereocenters. The maximum absolute atomic E-state index is 3.37. The summed E-state index contributed by atoms with van der Waals surface area (Å²) < 4.78 is 2.37. The number of hydrogen-bond acceptors (Lipinski definition) is 2. The lowest BCUT2D eigenvalue weighted by Gasteiger charge is -2.16. The topological polar surface area (TPSA) is 27.1 Å². The van der Waals surface area contributed by atoms with Crippen molar-refractivity contribution in [1.29, 1.82) is 0 Å². The highest BCUT2D eigenvalue weighted by Crippen LogP contribution is 1.94. The number of piperazine rings is 1. The first-order valence-electron chi connectivity index (χ1n) is 3.50. The summed E-state index contributed by atoms with van der Waals surface area (Å²) in [7, 11) is 0. The van der Waals surface area contributed by atoms with Gasteiger partial charge in [0.05, 0.1) is 19.6 Å². The summed E-state index contributed by atoms with van der Waals surface area (Å²) in [6.45, 7) is 4.44. The lowest BCUT2D eigenvalue weighted by Crippen LogP contribution is -2.49. The fourth-order valence-corrected chi connectivity index (χ4v) is 1.43. The Balaban J connectivity index is 2.09. The number of hydrogen-bond donors (Lipinski definition) is 2. The average molecular weight is 126 g/mol. The molecular weight excluding hydrogens is 114 g/mol. The first-order valence-corrected chi connectivity index (χ1v) is 3.50. The molecule has 0 amide bonds. The van der Waals surface area contributed by atoms with Gasteiger partial charge in [-0.25, -0.2) is 9.89 Å². The highest BCUT2D eigenvalue weighted by atomic mass is 15.3. The molecule has 50 valence electrons. The van der Waals surface area contributed by atoms with Crippen molar-refractivity contribution in [2.45, 2.75) is 6.17 Å². The Kier molecular flexibility index (Phi) is 1.24. The third-order valence-electron chi connectivity index (χ3n) is 1.96. The van der Waals surface area contributed by atoms with Crippen molar-refractivity contribution >= 4 is 6.21 Å². The van der Waals surface area contributed by atoms with Gasteiger partial charge in [-0.2, -0.15) is 0 Å². The zero-order chi connectivity index (χ0) is 6.10. The minimum absolute atomic E-state index is 0.582. The Morgan fingerprint density at radius 3 is 3.44 bits per heavy atom. The zero-order valence-corrected chi connectivity index (χ0v) is 5.43. The minimum Gasteiger partial charge on any atom is -0.304 e. The van der Waals surface area contributed by atoms with Crippen LogP contribution in [0.5, 0.6) is 0 Å². The predicted octanol–water partition coefficient (Wildman–Crippen LogP) is -1.40. The molecule has 3 heteroatoms. The van der Waals surface area contributed by atoms with Crippen molar-refractivity contribution in [1.82, 2.24) is 10.6 Å².